The summed E-state index contributed by atoms with van der Waals surface area (Å²) in [5.41, 5.74) is 0.478. The summed E-state index contributed by atoms with van der Waals surface area (Å²) in [5.74, 6) is 1.54. The minimum atomic E-state index is -1.43. The number of rotatable bonds is 3. The van der Waals surface area contributed by atoms with Gasteiger partial charge in [-0.25, -0.2) is 0 Å². The van der Waals surface area contributed by atoms with Crippen molar-refractivity contribution in [2.75, 3.05) is 0 Å². The molecule has 4 heteroatoms. The zero-order valence-electron chi connectivity index (χ0n) is 10.2. The SMILES string of the molecule is CC1CCC(Oc2cccc(B(O)O)c2)CC1. The fourth-order valence-electron chi connectivity index (χ4n) is 2.29. The molecule has 3 nitrogen and oxygen atoms in total. The molecular formula is C13H19BO3. The van der Waals surface area contributed by atoms with E-state index in [0.717, 1.165) is 24.5 Å². The first kappa shape index (κ1) is 12.5. The second kappa shape index (κ2) is 5.56. The Balaban J connectivity index is 1.96. The lowest BCUT2D eigenvalue weighted by Gasteiger charge is -2.27. The van der Waals surface area contributed by atoms with Crippen molar-refractivity contribution in [3.63, 3.8) is 0 Å². The molecule has 0 amide bonds. The lowest BCUT2D eigenvalue weighted by atomic mass is 9.80. The van der Waals surface area contributed by atoms with Crippen LogP contribution in [0.5, 0.6) is 5.75 Å². The van der Waals surface area contributed by atoms with Gasteiger partial charge < -0.3 is 14.8 Å². The molecule has 0 bridgehead atoms. The van der Waals surface area contributed by atoms with Crippen molar-refractivity contribution < 1.29 is 14.8 Å². The maximum absolute atomic E-state index is 9.09. The molecule has 1 saturated carbocycles. The van der Waals surface area contributed by atoms with Crippen molar-refractivity contribution in [3.05, 3.63) is 24.3 Å². The molecule has 2 N–H and O–H groups in total. The lowest BCUT2D eigenvalue weighted by molar-refractivity contribution is 0.135. The van der Waals surface area contributed by atoms with Gasteiger partial charge in [-0.3, -0.25) is 0 Å². The number of ether oxygens (including phenoxy) is 1. The highest BCUT2D eigenvalue weighted by atomic mass is 16.5. The van der Waals surface area contributed by atoms with Gasteiger partial charge in [-0.05, 0) is 49.2 Å². The minimum Gasteiger partial charge on any atom is -0.490 e. The van der Waals surface area contributed by atoms with Gasteiger partial charge in [-0.2, -0.15) is 0 Å². The molecule has 0 aliphatic heterocycles. The van der Waals surface area contributed by atoms with Gasteiger partial charge in [0.25, 0.3) is 0 Å². The quantitative estimate of drug-likeness (QED) is 0.775. The third-order valence-electron chi connectivity index (χ3n) is 3.42. The molecule has 0 saturated heterocycles. The third kappa shape index (κ3) is 3.48. The van der Waals surface area contributed by atoms with Gasteiger partial charge in [0.15, 0.2) is 0 Å². The molecule has 0 heterocycles. The Kier molecular flexibility index (Phi) is 4.08. The molecule has 92 valence electrons. The molecule has 2 rings (SSSR count). The van der Waals surface area contributed by atoms with Gasteiger partial charge >= 0.3 is 7.12 Å². The average Bonchev–Trinajstić information content (AvgIpc) is 2.32. The molecule has 1 aliphatic carbocycles. The largest absolute Gasteiger partial charge is 0.490 e. The summed E-state index contributed by atoms with van der Waals surface area (Å²) in [7, 11) is -1.43. The molecule has 17 heavy (non-hydrogen) atoms. The van der Waals surface area contributed by atoms with E-state index < -0.39 is 7.12 Å². The second-order valence-corrected chi connectivity index (χ2v) is 4.95. The van der Waals surface area contributed by atoms with Crippen molar-refractivity contribution in [2.24, 2.45) is 5.92 Å². The number of benzene rings is 1. The van der Waals surface area contributed by atoms with Crippen LogP contribution >= 0.6 is 0 Å². The van der Waals surface area contributed by atoms with Crippen molar-refractivity contribution in [2.45, 2.75) is 38.7 Å². The van der Waals surface area contributed by atoms with E-state index >= 15 is 0 Å². The van der Waals surface area contributed by atoms with E-state index in [-0.39, 0.29) is 6.10 Å². The molecule has 0 spiro atoms. The van der Waals surface area contributed by atoms with Gasteiger partial charge in [-0.15, -0.1) is 0 Å². The van der Waals surface area contributed by atoms with Crippen LogP contribution in [0.1, 0.15) is 32.6 Å². The normalized spacial score (nSPS) is 24.4. The molecule has 1 aromatic rings. The van der Waals surface area contributed by atoms with E-state index in [1.54, 1.807) is 18.2 Å². The first-order chi connectivity index (χ1) is 8.15. The van der Waals surface area contributed by atoms with Crippen LogP contribution in [-0.2, 0) is 0 Å². The Morgan fingerprint density at radius 1 is 1.18 bits per heavy atom. The summed E-state index contributed by atoms with van der Waals surface area (Å²) in [6.07, 6.45) is 4.89. The number of hydrogen-bond donors (Lipinski definition) is 2. The smallest absolute Gasteiger partial charge is 0.488 e. The van der Waals surface area contributed by atoms with Crippen LogP contribution < -0.4 is 10.2 Å². The summed E-state index contributed by atoms with van der Waals surface area (Å²) >= 11 is 0. The molecular weight excluding hydrogens is 215 g/mol. The van der Waals surface area contributed by atoms with E-state index in [1.165, 1.54) is 12.8 Å². The highest BCUT2D eigenvalue weighted by molar-refractivity contribution is 6.58. The first-order valence-electron chi connectivity index (χ1n) is 6.28. The van der Waals surface area contributed by atoms with E-state index in [1.807, 2.05) is 6.07 Å². The topological polar surface area (TPSA) is 49.7 Å². The fourth-order valence-corrected chi connectivity index (χ4v) is 2.29. The molecule has 1 aliphatic rings. The van der Waals surface area contributed by atoms with E-state index in [4.69, 9.17) is 14.8 Å². The predicted molar refractivity (Wildman–Crippen MR) is 68.3 cm³/mol. The minimum absolute atomic E-state index is 0.275. The Hall–Kier alpha value is -0.995. The van der Waals surface area contributed by atoms with Gasteiger partial charge in [-0.1, -0.05) is 19.1 Å². The van der Waals surface area contributed by atoms with Crippen LogP contribution in [0.2, 0.25) is 0 Å². The summed E-state index contributed by atoms with van der Waals surface area (Å²) in [4.78, 5) is 0. The summed E-state index contributed by atoms with van der Waals surface area (Å²) < 4.78 is 5.87. The number of hydrogen-bond acceptors (Lipinski definition) is 3. The molecule has 1 aromatic carbocycles. The van der Waals surface area contributed by atoms with Crippen molar-refractivity contribution >= 4 is 12.6 Å². The van der Waals surface area contributed by atoms with Crippen molar-refractivity contribution in [1.29, 1.82) is 0 Å². The second-order valence-electron chi connectivity index (χ2n) is 4.95. The molecule has 0 aromatic heterocycles. The molecule has 0 radical (unpaired) electrons. The first-order valence-corrected chi connectivity index (χ1v) is 6.28. The van der Waals surface area contributed by atoms with Gasteiger partial charge in [0.05, 0.1) is 6.10 Å². The lowest BCUT2D eigenvalue weighted by Crippen LogP contribution is -2.30. The Morgan fingerprint density at radius 2 is 1.88 bits per heavy atom. The predicted octanol–water partition coefficient (Wildman–Crippen LogP) is 1.32. The average molecular weight is 234 g/mol. The van der Waals surface area contributed by atoms with E-state index in [2.05, 4.69) is 6.92 Å². The van der Waals surface area contributed by atoms with Gasteiger partial charge in [0.1, 0.15) is 5.75 Å². The molecule has 0 atom stereocenters. The van der Waals surface area contributed by atoms with Crippen LogP contribution in [-0.4, -0.2) is 23.3 Å². The van der Waals surface area contributed by atoms with Crippen LogP contribution in [0.25, 0.3) is 0 Å². The Bertz CT molecular complexity index is 359. The third-order valence-corrected chi connectivity index (χ3v) is 3.42. The van der Waals surface area contributed by atoms with Crippen molar-refractivity contribution in [3.8, 4) is 5.75 Å². The summed E-state index contributed by atoms with van der Waals surface area (Å²) in [6, 6.07) is 7.03. The zero-order valence-corrected chi connectivity index (χ0v) is 10.2. The molecule has 0 unspecified atom stereocenters. The van der Waals surface area contributed by atoms with Crippen LogP contribution in [0.15, 0.2) is 24.3 Å². The van der Waals surface area contributed by atoms with Gasteiger partial charge in [0.2, 0.25) is 0 Å². The fraction of sp³-hybridized carbons (Fsp3) is 0.538. The van der Waals surface area contributed by atoms with E-state index in [9.17, 15) is 0 Å². The highest BCUT2D eigenvalue weighted by Crippen LogP contribution is 2.26. The van der Waals surface area contributed by atoms with Crippen LogP contribution in [0, 0.1) is 5.92 Å². The monoisotopic (exact) mass is 234 g/mol. The van der Waals surface area contributed by atoms with Crippen LogP contribution in [0.4, 0.5) is 0 Å². The van der Waals surface area contributed by atoms with Crippen LogP contribution in [0.3, 0.4) is 0 Å². The standard InChI is InChI=1S/C13H19BO3/c1-10-5-7-12(8-6-10)17-13-4-2-3-11(9-13)14(15)16/h2-4,9-10,12,15-16H,5-8H2,1H3. The Morgan fingerprint density at radius 3 is 2.53 bits per heavy atom. The zero-order chi connectivity index (χ0) is 12.3. The maximum Gasteiger partial charge on any atom is 0.488 e. The van der Waals surface area contributed by atoms with Gasteiger partial charge in [0, 0.05) is 0 Å². The summed E-state index contributed by atoms with van der Waals surface area (Å²) in [5, 5.41) is 18.2. The maximum atomic E-state index is 9.09. The van der Waals surface area contributed by atoms with E-state index in [0.29, 0.717) is 5.46 Å². The Labute approximate surface area is 103 Å². The summed E-state index contributed by atoms with van der Waals surface area (Å²) in [6.45, 7) is 2.28. The highest BCUT2D eigenvalue weighted by Gasteiger charge is 2.20. The molecule has 1 fully saturated rings. The van der Waals surface area contributed by atoms with Crippen molar-refractivity contribution in [1.82, 2.24) is 0 Å².